The number of alkyl halides is 5. The molecule has 3 heterocycles. The summed E-state index contributed by atoms with van der Waals surface area (Å²) < 4.78 is 76.9. The second kappa shape index (κ2) is 10.8. The van der Waals surface area contributed by atoms with Gasteiger partial charge >= 0.3 is 12.2 Å². The molecule has 2 aromatic rings. The fourth-order valence-electron chi connectivity index (χ4n) is 5.32. The molecule has 0 bridgehead atoms. The Morgan fingerprint density at radius 3 is 2.59 bits per heavy atom. The molecular formula is C25H27F5N6O5. The molecule has 1 saturated heterocycles. The SMILES string of the molecule is Cc1nonc1C(=O)N[C@H](C(=O)Nc1ccc2c(c1)OC(CN1C[C@@H](C(F)(F)F)NC1=O)C2)C1CCC(F)(F)CC1. The summed E-state index contributed by atoms with van der Waals surface area (Å²) >= 11 is 0. The first kappa shape index (κ1) is 28.5. The van der Waals surface area contributed by atoms with Crippen LogP contribution >= 0.6 is 0 Å². The van der Waals surface area contributed by atoms with Crippen LogP contribution in [0.5, 0.6) is 5.75 Å². The van der Waals surface area contributed by atoms with Crippen LogP contribution < -0.4 is 20.7 Å². The van der Waals surface area contributed by atoms with Gasteiger partial charge in [-0.05, 0) is 42.5 Å². The van der Waals surface area contributed by atoms with E-state index in [0.717, 1.165) is 10.5 Å². The van der Waals surface area contributed by atoms with Gasteiger partial charge in [0, 0.05) is 31.0 Å². The van der Waals surface area contributed by atoms with E-state index in [0.29, 0.717) is 17.9 Å². The van der Waals surface area contributed by atoms with E-state index in [2.05, 4.69) is 25.6 Å². The van der Waals surface area contributed by atoms with Crippen molar-refractivity contribution in [2.75, 3.05) is 18.4 Å². The lowest BCUT2D eigenvalue weighted by molar-refractivity contribution is -0.150. The first-order valence-electron chi connectivity index (χ1n) is 13.0. The Kier molecular flexibility index (Phi) is 7.50. The van der Waals surface area contributed by atoms with Crippen molar-refractivity contribution in [3.05, 3.63) is 35.2 Å². The molecular weight excluding hydrogens is 559 g/mol. The van der Waals surface area contributed by atoms with Crippen LogP contribution in [0.2, 0.25) is 0 Å². The Morgan fingerprint density at radius 1 is 1.22 bits per heavy atom. The topological polar surface area (TPSA) is 139 Å². The molecule has 2 aliphatic heterocycles. The maximum absolute atomic E-state index is 13.8. The van der Waals surface area contributed by atoms with E-state index in [1.165, 1.54) is 13.0 Å². The summed E-state index contributed by atoms with van der Waals surface area (Å²) in [5.74, 6) is -4.40. The lowest BCUT2D eigenvalue weighted by Crippen LogP contribution is -2.50. The number of nitrogens with one attached hydrogen (secondary N) is 3. The third-order valence-electron chi connectivity index (χ3n) is 7.55. The average molecular weight is 587 g/mol. The number of carbonyl (C=O) groups excluding carboxylic acids is 3. The molecule has 1 saturated carbocycles. The standard InChI is InChI=1S/C25H27F5N6O5/c1-12-19(35-41-34-12)21(37)33-20(13-4-6-24(26,27)7-5-13)22(38)31-15-3-2-14-8-16(40-17(14)9-15)10-36-11-18(25(28,29)30)32-23(36)39/h2-3,9,13,16,18,20H,4-8,10-11H2,1H3,(H,31,38)(H,32,39)(H,33,37)/t16?,18-,20-/m0/s1. The molecule has 1 aromatic carbocycles. The van der Waals surface area contributed by atoms with Crippen molar-refractivity contribution in [1.82, 2.24) is 25.8 Å². The van der Waals surface area contributed by atoms with Crippen LogP contribution in [0.3, 0.4) is 0 Å². The Morgan fingerprint density at radius 2 is 1.95 bits per heavy atom. The van der Waals surface area contributed by atoms with Gasteiger partial charge in [-0.3, -0.25) is 9.59 Å². The van der Waals surface area contributed by atoms with E-state index in [-0.39, 0.29) is 30.8 Å². The van der Waals surface area contributed by atoms with E-state index in [1.807, 2.05) is 5.32 Å². The first-order chi connectivity index (χ1) is 19.3. The summed E-state index contributed by atoms with van der Waals surface area (Å²) in [6.45, 7) is 0.903. The lowest BCUT2D eigenvalue weighted by atomic mass is 9.81. The van der Waals surface area contributed by atoms with Crippen molar-refractivity contribution in [2.24, 2.45) is 5.92 Å². The van der Waals surface area contributed by atoms with E-state index >= 15 is 0 Å². The van der Waals surface area contributed by atoms with Gasteiger partial charge in [-0.1, -0.05) is 11.2 Å². The van der Waals surface area contributed by atoms with Crippen LogP contribution in [0, 0.1) is 12.8 Å². The molecule has 0 spiro atoms. The van der Waals surface area contributed by atoms with Gasteiger partial charge in [-0.25, -0.2) is 18.2 Å². The van der Waals surface area contributed by atoms with Gasteiger partial charge in [-0.15, -0.1) is 0 Å². The highest BCUT2D eigenvalue weighted by molar-refractivity contribution is 6.01. The molecule has 11 nitrogen and oxygen atoms in total. The number of hydrogen-bond acceptors (Lipinski definition) is 7. The minimum atomic E-state index is -4.56. The number of urea groups is 1. The van der Waals surface area contributed by atoms with Crippen LogP contribution in [0.15, 0.2) is 22.8 Å². The van der Waals surface area contributed by atoms with Gasteiger partial charge in [0.15, 0.2) is 5.69 Å². The maximum Gasteiger partial charge on any atom is 0.410 e. The number of hydrogen-bond donors (Lipinski definition) is 3. The van der Waals surface area contributed by atoms with E-state index < -0.39 is 73.4 Å². The van der Waals surface area contributed by atoms with Crippen molar-refractivity contribution < 1.29 is 45.7 Å². The number of rotatable bonds is 7. The van der Waals surface area contributed by atoms with Crippen molar-refractivity contribution >= 4 is 23.5 Å². The maximum atomic E-state index is 13.8. The Balaban J connectivity index is 1.24. The van der Waals surface area contributed by atoms with Gasteiger partial charge in [0.05, 0.1) is 13.1 Å². The number of aromatic nitrogens is 2. The van der Waals surface area contributed by atoms with Gasteiger partial charge in [-0.2, -0.15) is 13.2 Å². The Hall–Kier alpha value is -3.98. The Bertz CT molecular complexity index is 1320. The summed E-state index contributed by atoms with van der Waals surface area (Å²) in [7, 11) is 0. The smallest absolute Gasteiger partial charge is 0.410 e. The molecule has 222 valence electrons. The fraction of sp³-hybridized carbons (Fsp3) is 0.560. The number of amides is 4. The highest BCUT2D eigenvalue weighted by Gasteiger charge is 2.47. The van der Waals surface area contributed by atoms with Crippen molar-refractivity contribution in [2.45, 2.75) is 69.3 Å². The molecule has 4 amide bonds. The zero-order valence-electron chi connectivity index (χ0n) is 21.8. The number of nitrogens with zero attached hydrogens (tertiary/aromatic N) is 3. The van der Waals surface area contributed by atoms with Crippen molar-refractivity contribution in [3.8, 4) is 5.75 Å². The molecule has 1 aromatic heterocycles. The molecule has 3 atom stereocenters. The summed E-state index contributed by atoms with van der Waals surface area (Å²) in [6.07, 6.45) is -5.64. The van der Waals surface area contributed by atoms with Crippen LogP contribution in [-0.4, -0.2) is 76.4 Å². The average Bonchev–Trinajstić information content (AvgIpc) is 3.60. The summed E-state index contributed by atoms with van der Waals surface area (Å²) in [6, 6.07) is 0.845. The Labute approximate surface area is 230 Å². The van der Waals surface area contributed by atoms with Crippen LogP contribution in [-0.2, 0) is 11.2 Å². The molecule has 2 fully saturated rings. The number of anilines is 1. The molecule has 1 aliphatic carbocycles. The van der Waals surface area contributed by atoms with Gasteiger partial charge in [0.1, 0.15) is 29.6 Å². The van der Waals surface area contributed by atoms with Gasteiger partial charge in [0.25, 0.3) is 5.91 Å². The monoisotopic (exact) mass is 586 g/mol. The quantitative estimate of drug-likeness (QED) is 0.424. The molecule has 3 aliphatic rings. The summed E-state index contributed by atoms with van der Waals surface area (Å²) in [5.41, 5.74) is 1.09. The second-order valence-corrected chi connectivity index (χ2v) is 10.5. The fourth-order valence-corrected chi connectivity index (χ4v) is 5.32. The van der Waals surface area contributed by atoms with Crippen LogP contribution in [0.25, 0.3) is 0 Å². The second-order valence-electron chi connectivity index (χ2n) is 10.5. The van der Waals surface area contributed by atoms with Crippen molar-refractivity contribution in [3.63, 3.8) is 0 Å². The number of aryl methyl sites for hydroxylation is 1. The summed E-state index contributed by atoms with van der Waals surface area (Å²) in [5, 5.41) is 14.3. The predicted octanol–water partition coefficient (Wildman–Crippen LogP) is 3.20. The molecule has 0 radical (unpaired) electrons. The molecule has 16 heteroatoms. The van der Waals surface area contributed by atoms with Gasteiger partial charge in [0.2, 0.25) is 11.8 Å². The number of carbonyl (C=O) groups is 3. The highest BCUT2D eigenvalue weighted by atomic mass is 19.4. The zero-order valence-corrected chi connectivity index (χ0v) is 21.8. The number of fused-ring (bicyclic) bond motifs is 1. The minimum absolute atomic E-state index is 0.00959. The number of ether oxygens (including phenoxy) is 1. The lowest BCUT2D eigenvalue weighted by Gasteiger charge is -2.33. The highest BCUT2D eigenvalue weighted by Crippen LogP contribution is 2.38. The summed E-state index contributed by atoms with van der Waals surface area (Å²) in [4.78, 5) is 39.2. The zero-order chi connectivity index (χ0) is 29.5. The normalized spacial score (nSPS) is 23.0. The van der Waals surface area contributed by atoms with E-state index in [4.69, 9.17) is 4.74 Å². The minimum Gasteiger partial charge on any atom is -0.488 e. The predicted molar refractivity (Wildman–Crippen MR) is 130 cm³/mol. The number of halogens is 5. The van der Waals surface area contributed by atoms with E-state index in [9.17, 15) is 36.3 Å². The first-order valence-corrected chi connectivity index (χ1v) is 13.0. The van der Waals surface area contributed by atoms with Gasteiger partial charge < -0.3 is 25.6 Å². The van der Waals surface area contributed by atoms with Crippen molar-refractivity contribution in [1.29, 1.82) is 0 Å². The molecule has 41 heavy (non-hydrogen) atoms. The number of benzene rings is 1. The molecule has 3 N–H and O–H groups in total. The molecule has 1 unspecified atom stereocenters. The van der Waals surface area contributed by atoms with Crippen LogP contribution in [0.1, 0.15) is 47.4 Å². The van der Waals surface area contributed by atoms with E-state index in [1.54, 1.807) is 12.1 Å². The largest absolute Gasteiger partial charge is 0.488 e. The third-order valence-corrected chi connectivity index (χ3v) is 7.55. The third kappa shape index (κ3) is 6.35. The van der Waals surface area contributed by atoms with Crippen LogP contribution in [0.4, 0.5) is 32.4 Å². The molecule has 5 rings (SSSR count).